The highest BCUT2D eigenvalue weighted by molar-refractivity contribution is 5.95. The van der Waals surface area contributed by atoms with E-state index in [0.717, 1.165) is 5.69 Å². The van der Waals surface area contributed by atoms with Crippen molar-refractivity contribution in [3.8, 4) is 5.69 Å². The van der Waals surface area contributed by atoms with E-state index in [9.17, 15) is 4.79 Å². The van der Waals surface area contributed by atoms with Crippen LogP contribution in [0, 0.1) is 0 Å². The molecule has 0 amide bonds. The Morgan fingerprint density at radius 3 is 2.82 bits per heavy atom. The van der Waals surface area contributed by atoms with Crippen LogP contribution in [0.1, 0.15) is 17.4 Å². The Hall–Kier alpha value is -2.01. The highest BCUT2D eigenvalue weighted by atomic mass is 16.5. The first kappa shape index (κ1) is 11.5. The summed E-state index contributed by atoms with van der Waals surface area (Å²) < 4.78 is 6.61. The number of para-hydroxylation sites is 1. The summed E-state index contributed by atoms with van der Waals surface area (Å²) >= 11 is 0. The zero-order valence-electron chi connectivity index (χ0n) is 9.54. The van der Waals surface area contributed by atoms with E-state index in [1.54, 1.807) is 0 Å². The Morgan fingerprint density at radius 2 is 2.12 bits per heavy atom. The maximum absolute atomic E-state index is 11.8. The summed E-state index contributed by atoms with van der Waals surface area (Å²) in [7, 11) is 0. The molecular formula is C12H13N3O2. The van der Waals surface area contributed by atoms with Crippen LogP contribution in [0.25, 0.3) is 5.69 Å². The minimum absolute atomic E-state index is 0.0523. The van der Waals surface area contributed by atoms with E-state index in [0.29, 0.717) is 12.3 Å². The summed E-state index contributed by atoms with van der Waals surface area (Å²) in [5.74, 6) is -0.124. The minimum Gasteiger partial charge on any atom is -0.374 e. The Balaban J connectivity index is 2.26. The van der Waals surface area contributed by atoms with Gasteiger partial charge in [0.05, 0.1) is 11.9 Å². The first-order chi connectivity index (χ1) is 8.33. The number of carbonyl (C=O) groups excluding carboxylic acids is 1. The molecule has 0 bridgehead atoms. The molecule has 2 aromatic rings. The maximum atomic E-state index is 11.8. The Bertz CT molecular complexity index is 493. The van der Waals surface area contributed by atoms with Gasteiger partial charge in [0.2, 0.25) is 5.78 Å². The topological polar surface area (TPSA) is 57.0 Å². The largest absolute Gasteiger partial charge is 0.374 e. The second-order valence-electron chi connectivity index (χ2n) is 3.43. The predicted octanol–water partition coefficient (Wildman–Crippen LogP) is 1.49. The third-order valence-corrected chi connectivity index (χ3v) is 2.27. The van der Waals surface area contributed by atoms with Gasteiger partial charge in [-0.25, -0.2) is 4.68 Å². The SMILES string of the molecule is CCOCC(=O)c1cnnn1-c1ccccc1. The first-order valence-corrected chi connectivity index (χ1v) is 5.40. The second kappa shape index (κ2) is 5.36. The third-order valence-electron chi connectivity index (χ3n) is 2.27. The number of benzene rings is 1. The van der Waals surface area contributed by atoms with Gasteiger partial charge in [-0.2, -0.15) is 0 Å². The van der Waals surface area contributed by atoms with Crippen LogP contribution < -0.4 is 0 Å². The average molecular weight is 231 g/mol. The van der Waals surface area contributed by atoms with E-state index >= 15 is 0 Å². The molecule has 1 aromatic heterocycles. The highest BCUT2D eigenvalue weighted by Crippen LogP contribution is 2.09. The fraction of sp³-hybridized carbons (Fsp3) is 0.250. The molecule has 1 aromatic carbocycles. The van der Waals surface area contributed by atoms with Gasteiger partial charge in [-0.05, 0) is 19.1 Å². The molecule has 1 heterocycles. The Morgan fingerprint density at radius 1 is 1.35 bits per heavy atom. The predicted molar refractivity (Wildman–Crippen MR) is 62.2 cm³/mol. The van der Waals surface area contributed by atoms with Crippen molar-refractivity contribution in [2.75, 3.05) is 13.2 Å². The van der Waals surface area contributed by atoms with Crippen LogP contribution >= 0.6 is 0 Å². The number of hydrogen-bond acceptors (Lipinski definition) is 4. The fourth-order valence-electron chi connectivity index (χ4n) is 1.45. The summed E-state index contributed by atoms with van der Waals surface area (Å²) in [6.07, 6.45) is 1.45. The van der Waals surface area contributed by atoms with Crippen LogP contribution in [-0.2, 0) is 4.74 Å². The molecule has 0 N–H and O–H groups in total. The number of hydrogen-bond donors (Lipinski definition) is 0. The van der Waals surface area contributed by atoms with Gasteiger partial charge in [-0.3, -0.25) is 4.79 Å². The van der Waals surface area contributed by atoms with Crippen LogP contribution in [0.5, 0.6) is 0 Å². The van der Waals surface area contributed by atoms with Gasteiger partial charge in [0.1, 0.15) is 12.3 Å². The van der Waals surface area contributed by atoms with Gasteiger partial charge in [-0.1, -0.05) is 23.4 Å². The number of rotatable bonds is 5. The van der Waals surface area contributed by atoms with Crippen LogP contribution in [0.2, 0.25) is 0 Å². The van der Waals surface area contributed by atoms with Crippen molar-refractivity contribution < 1.29 is 9.53 Å². The van der Waals surface area contributed by atoms with Gasteiger partial charge in [0.25, 0.3) is 0 Å². The Labute approximate surface area is 99.0 Å². The van der Waals surface area contributed by atoms with E-state index in [4.69, 9.17) is 4.74 Å². The highest BCUT2D eigenvalue weighted by Gasteiger charge is 2.14. The quantitative estimate of drug-likeness (QED) is 0.731. The van der Waals surface area contributed by atoms with Crippen molar-refractivity contribution in [1.82, 2.24) is 15.0 Å². The standard InChI is InChI=1S/C12H13N3O2/c1-2-17-9-12(16)11-8-13-14-15(11)10-6-4-3-5-7-10/h3-8H,2,9H2,1H3. The zero-order valence-corrected chi connectivity index (χ0v) is 9.54. The summed E-state index contributed by atoms with van der Waals surface area (Å²) in [5, 5.41) is 7.67. The summed E-state index contributed by atoms with van der Waals surface area (Å²) in [6, 6.07) is 9.40. The number of ketones is 1. The van der Waals surface area contributed by atoms with Crippen molar-refractivity contribution in [2.24, 2.45) is 0 Å². The molecule has 0 saturated carbocycles. The van der Waals surface area contributed by atoms with Crippen LogP contribution in [0.3, 0.4) is 0 Å². The van der Waals surface area contributed by atoms with Crippen LogP contribution in [0.15, 0.2) is 36.5 Å². The molecule has 0 atom stereocenters. The van der Waals surface area contributed by atoms with Crippen molar-refractivity contribution >= 4 is 5.78 Å². The second-order valence-corrected chi connectivity index (χ2v) is 3.43. The molecule has 0 spiro atoms. The minimum atomic E-state index is -0.124. The molecule has 2 rings (SSSR count). The molecule has 5 heteroatoms. The van der Waals surface area contributed by atoms with Gasteiger partial charge in [0, 0.05) is 6.61 Å². The molecule has 0 aliphatic heterocycles. The van der Waals surface area contributed by atoms with Crippen LogP contribution in [0.4, 0.5) is 0 Å². The lowest BCUT2D eigenvalue weighted by Gasteiger charge is -2.04. The van der Waals surface area contributed by atoms with E-state index < -0.39 is 0 Å². The normalized spacial score (nSPS) is 10.4. The smallest absolute Gasteiger partial charge is 0.208 e. The number of carbonyl (C=O) groups is 1. The molecule has 5 nitrogen and oxygen atoms in total. The molecule has 0 fully saturated rings. The fourth-order valence-corrected chi connectivity index (χ4v) is 1.45. The first-order valence-electron chi connectivity index (χ1n) is 5.40. The van der Waals surface area contributed by atoms with E-state index in [-0.39, 0.29) is 12.4 Å². The number of aromatic nitrogens is 3. The summed E-state index contributed by atoms with van der Waals surface area (Å²) in [6.45, 7) is 2.41. The molecule has 0 saturated heterocycles. The third kappa shape index (κ3) is 2.57. The lowest BCUT2D eigenvalue weighted by atomic mass is 10.3. The number of nitrogens with zero attached hydrogens (tertiary/aromatic N) is 3. The van der Waals surface area contributed by atoms with Gasteiger partial charge < -0.3 is 4.74 Å². The lowest BCUT2D eigenvalue weighted by Crippen LogP contribution is -2.14. The molecule has 17 heavy (non-hydrogen) atoms. The van der Waals surface area contributed by atoms with Crippen molar-refractivity contribution in [3.05, 3.63) is 42.2 Å². The van der Waals surface area contributed by atoms with Gasteiger partial charge in [-0.15, -0.1) is 5.10 Å². The van der Waals surface area contributed by atoms with Crippen molar-refractivity contribution in [2.45, 2.75) is 6.92 Å². The zero-order chi connectivity index (χ0) is 12.1. The number of ether oxygens (including phenoxy) is 1. The molecule has 0 unspecified atom stereocenters. The molecule has 0 radical (unpaired) electrons. The van der Waals surface area contributed by atoms with Crippen molar-refractivity contribution in [3.63, 3.8) is 0 Å². The van der Waals surface area contributed by atoms with Crippen LogP contribution in [-0.4, -0.2) is 34.0 Å². The maximum Gasteiger partial charge on any atom is 0.208 e. The molecule has 0 aliphatic carbocycles. The van der Waals surface area contributed by atoms with E-state index in [2.05, 4.69) is 10.3 Å². The summed E-state index contributed by atoms with van der Waals surface area (Å²) in [5.41, 5.74) is 1.24. The molecular weight excluding hydrogens is 218 g/mol. The van der Waals surface area contributed by atoms with Gasteiger partial charge in [0.15, 0.2) is 0 Å². The van der Waals surface area contributed by atoms with E-state index in [1.807, 2.05) is 37.3 Å². The Kier molecular flexibility index (Phi) is 3.62. The molecule has 0 aliphatic rings. The number of Topliss-reactive ketones (excluding diaryl/α,β-unsaturated/α-hetero) is 1. The van der Waals surface area contributed by atoms with Crippen molar-refractivity contribution in [1.29, 1.82) is 0 Å². The van der Waals surface area contributed by atoms with Gasteiger partial charge >= 0.3 is 0 Å². The lowest BCUT2D eigenvalue weighted by molar-refractivity contribution is 0.0775. The average Bonchev–Trinajstić information content (AvgIpc) is 2.86. The monoisotopic (exact) mass is 231 g/mol. The molecule has 88 valence electrons. The van der Waals surface area contributed by atoms with E-state index in [1.165, 1.54) is 10.9 Å². The summed E-state index contributed by atoms with van der Waals surface area (Å²) in [4.78, 5) is 11.8.